The summed E-state index contributed by atoms with van der Waals surface area (Å²) in [6.45, 7) is 9.44. The summed E-state index contributed by atoms with van der Waals surface area (Å²) in [6, 6.07) is 9.65. The van der Waals surface area contributed by atoms with E-state index in [2.05, 4.69) is 26.4 Å². The number of rotatable bonds is 9. The van der Waals surface area contributed by atoms with Crippen LogP contribution >= 0.6 is 0 Å². The highest BCUT2D eigenvalue weighted by atomic mass is 16.4. The summed E-state index contributed by atoms with van der Waals surface area (Å²) in [5.41, 5.74) is 9.40. The standard InChI is InChI=1S/C26H32N6O3/c1-4-21(22-7-5-6-20(12-22)18-30(3)25(33)14-27)16-29-19(2)31-8-10-32(11-9-31)24-13-23(26(34)35)15-28-17-24/h4-7,12-13,15-17H,2,8-11,14,18,27H2,1,3H3,(H,34,35)/b21-4+,29-16-. The van der Waals surface area contributed by atoms with Gasteiger partial charge in [0, 0.05) is 52.2 Å². The topological polar surface area (TPSA) is 115 Å². The SMILES string of the molecule is C=C(/N=C\C(=C/C)c1cccc(CN(C)C(=O)CN)c1)N1CCN(c2cncc(C(=O)O)c2)CC1. The van der Waals surface area contributed by atoms with Crippen LogP contribution in [-0.4, -0.2) is 77.8 Å². The minimum atomic E-state index is -0.984. The van der Waals surface area contributed by atoms with E-state index in [1.54, 1.807) is 24.2 Å². The van der Waals surface area contributed by atoms with E-state index >= 15 is 0 Å². The van der Waals surface area contributed by atoms with Gasteiger partial charge in [-0.05, 0) is 35.8 Å². The lowest BCUT2D eigenvalue weighted by Crippen LogP contribution is -2.45. The van der Waals surface area contributed by atoms with Crippen LogP contribution in [0.25, 0.3) is 5.57 Å². The number of anilines is 1. The number of carbonyl (C=O) groups is 2. The Labute approximate surface area is 205 Å². The number of aromatic nitrogens is 1. The Hall–Kier alpha value is -3.98. The Kier molecular flexibility index (Phi) is 8.74. The lowest BCUT2D eigenvalue weighted by Gasteiger charge is -2.36. The van der Waals surface area contributed by atoms with E-state index in [1.807, 2.05) is 43.5 Å². The highest BCUT2D eigenvalue weighted by molar-refractivity contribution is 6.10. The van der Waals surface area contributed by atoms with Gasteiger partial charge in [0.25, 0.3) is 0 Å². The molecule has 0 aliphatic carbocycles. The lowest BCUT2D eigenvalue weighted by atomic mass is 10.0. The molecule has 2 aromatic rings. The van der Waals surface area contributed by atoms with Crippen molar-refractivity contribution in [2.45, 2.75) is 13.5 Å². The third kappa shape index (κ3) is 6.77. The number of carboxylic acids is 1. The molecule has 1 aliphatic heterocycles. The zero-order chi connectivity index (χ0) is 25.4. The van der Waals surface area contributed by atoms with Crippen LogP contribution in [0.4, 0.5) is 5.69 Å². The fourth-order valence-corrected chi connectivity index (χ4v) is 3.85. The second-order valence-electron chi connectivity index (χ2n) is 8.28. The Balaban J connectivity index is 1.60. The van der Waals surface area contributed by atoms with Crippen molar-refractivity contribution in [2.24, 2.45) is 10.7 Å². The van der Waals surface area contributed by atoms with Crippen molar-refractivity contribution in [2.75, 3.05) is 44.7 Å². The summed E-state index contributed by atoms with van der Waals surface area (Å²) in [5, 5.41) is 9.20. The van der Waals surface area contributed by atoms with Crippen LogP contribution in [0, 0.1) is 0 Å². The van der Waals surface area contributed by atoms with Crippen LogP contribution < -0.4 is 10.6 Å². The highest BCUT2D eigenvalue weighted by Crippen LogP contribution is 2.20. The number of carbonyl (C=O) groups excluding carboxylic acids is 1. The quantitative estimate of drug-likeness (QED) is 0.534. The summed E-state index contributed by atoms with van der Waals surface area (Å²) in [5.74, 6) is -0.418. The number of amides is 1. The largest absolute Gasteiger partial charge is 0.478 e. The van der Waals surface area contributed by atoms with E-state index in [0.29, 0.717) is 25.5 Å². The van der Waals surface area contributed by atoms with E-state index in [1.165, 1.54) is 6.20 Å². The molecule has 1 aromatic heterocycles. The average molecular weight is 477 g/mol. The van der Waals surface area contributed by atoms with Crippen molar-refractivity contribution in [3.8, 4) is 0 Å². The molecule has 3 rings (SSSR count). The maximum atomic E-state index is 11.8. The summed E-state index contributed by atoms with van der Waals surface area (Å²) >= 11 is 0. The molecule has 0 radical (unpaired) electrons. The van der Waals surface area contributed by atoms with Crippen LogP contribution in [0.15, 0.2) is 66.2 Å². The number of likely N-dealkylation sites (N-methyl/N-ethyl adjacent to an activating group) is 1. The molecule has 9 heteroatoms. The fraction of sp³-hybridized carbons (Fsp3) is 0.308. The molecule has 0 saturated carbocycles. The number of allylic oxidation sites excluding steroid dienone is 2. The van der Waals surface area contributed by atoms with Gasteiger partial charge in [-0.25, -0.2) is 9.79 Å². The second kappa shape index (κ2) is 11.9. The van der Waals surface area contributed by atoms with Gasteiger partial charge in [0.05, 0.1) is 24.0 Å². The molecule has 1 aromatic carbocycles. The first-order chi connectivity index (χ1) is 16.8. The van der Waals surface area contributed by atoms with Crippen molar-refractivity contribution in [3.63, 3.8) is 0 Å². The number of carboxylic acid groups (broad SMARTS) is 1. The molecule has 0 atom stereocenters. The molecule has 3 N–H and O–H groups in total. The summed E-state index contributed by atoms with van der Waals surface area (Å²) in [4.78, 5) is 37.5. The van der Waals surface area contributed by atoms with Gasteiger partial charge in [-0.2, -0.15) is 0 Å². The van der Waals surface area contributed by atoms with E-state index in [-0.39, 0.29) is 18.0 Å². The highest BCUT2D eigenvalue weighted by Gasteiger charge is 2.19. The molecular weight excluding hydrogens is 444 g/mol. The first-order valence-corrected chi connectivity index (χ1v) is 11.4. The van der Waals surface area contributed by atoms with E-state index in [0.717, 1.165) is 35.5 Å². The molecule has 0 spiro atoms. The van der Waals surface area contributed by atoms with Gasteiger partial charge in [0.15, 0.2) is 0 Å². The van der Waals surface area contributed by atoms with Gasteiger partial charge >= 0.3 is 5.97 Å². The minimum absolute atomic E-state index is 0.00899. The Morgan fingerprint density at radius 1 is 1.20 bits per heavy atom. The number of nitrogens with zero attached hydrogens (tertiary/aromatic N) is 5. The number of pyridine rings is 1. The third-order valence-corrected chi connectivity index (χ3v) is 5.92. The predicted octanol–water partition coefficient (Wildman–Crippen LogP) is 2.46. The van der Waals surface area contributed by atoms with Crippen molar-refractivity contribution in [1.29, 1.82) is 0 Å². The maximum Gasteiger partial charge on any atom is 0.337 e. The van der Waals surface area contributed by atoms with Crippen molar-refractivity contribution in [3.05, 3.63) is 77.9 Å². The number of hydrogen-bond donors (Lipinski definition) is 2. The molecule has 2 heterocycles. The third-order valence-electron chi connectivity index (χ3n) is 5.92. The molecule has 1 aliphatic rings. The first-order valence-electron chi connectivity index (χ1n) is 11.4. The van der Waals surface area contributed by atoms with E-state index < -0.39 is 5.97 Å². The van der Waals surface area contributed by atoms with Gasteiger partial charge in [-0.3, -0.25) is 9.78 Å². The van der Waals surface area contributed by atoms with Crippen LogP contribution in [0.2, 0.25) is 0 Å². The van der Waals surface area contributed by atoms with Crippen LogP contribution in [0.5, 0.6) is 0 Å². The number of piperazine rings is 1. The number of hydrogen-bond acceptors (Lipinski definition) is 7. The summed E-state index contributed by atoms with van der Waals surface area (Å²) < 4.78 is 0. The number of nitrogens with two attached hydrogens (primary N) is 1. The van der Waals surface area contributed by atoms with Crippen molar-refractivity contribution in [1.82, 2.24) is 14.8 Å². The average Bonchev–Trinajstić information content (AvgIpc) is 2.88. The molecule has 1 saturated heterocycles. The molecule has 0 unspecified atom stereocenters. The van der Waals surface area contributed by atoms with Crippen LogP contribution in [0.3, 0.4) is 0 Å². The van der Waals surface area contributed by atoms with E-state index in [4.69, 9.17) is 5.73 Å². The Morgan fingerprint density at radius 3 is 2.60 bits per heavy atom. The Morgan fingerprint density at radius 2 is 1.94 bits per heavy atom. The monoisotopic (exact) mass is 476 g/mol. The summed E-state index contributed by atoms with van der Waals surface area (Å²) in [6.07, 6.45) is 6.84. The first kappa shape index (κ1) is 25.6. The van der Waals surface area contributed by atoms with Gasteiger partial charge in [0.1, 0.15) is 5.82 Å². The molecule has 1 amide bonds. The number of aliphatic imine (C=N–C) groups is 1. The van der Waals surface area contributed by atoms with Gasteiger partial charge in [-0.15, -0.1) is 0 Å². The predicted molar refractivity (Wildman–Crippen MR) is 138 cm³/mol. The molecular formula is C26H32N6O3. The molecule has 35 heavy (non-hydrogen) atoms. The van der Waals surface area contributed by atoms with E-state index in [9.17, 15) is 14.7 Å². The maximum absolute atomic E-state index is 11.8. The summed E-state index contributed by atoms with van der Waals surface area (Å²) in [7, 11) is 1.74. The van der Waals surface area contributed by atoms with Crippen LogP contribution in [0.1, 0.15) is 28.4 Å². The van der Waals surface area contributed by atoms with Gasteiger partial charge in [0.2, 0.25) is 5.91 Å². The number of aromatic carboxylic acids is 1. The molecule has 9 nitrogen and oxygen atoms in total. The minimum Gasteiger partial charge on any atom is -0.478 e. The lowest BCUT2D eigenvalue weighted by molar-refractivity contribution is -0.128. The normalized spacial score (nSPS) is 14.3. The fourth-order valence-electron chi connectivity index (χ4n) is 3.85. The zero-order valence-electron chi connectivity index (χ0n) is 20.2. The molecule has 184 valence electrons. The second-order valence-corrected chi connectivity index (χ2v) is 8.28. The molecule has 0 bridgehead atoms. The van der Waals surface area contributed by atoms with Crippen molar-refractivity contribution < 1.29 is 14.7 Å². The van der Waals surface area contributed by atoms with Crippen LogP contribution in [-0.2, 0) is 11.3 Å². The van der Waals surface area contributed by atoms with Crippen molar-refractivity contribution >= 4 is 29.4 Å². The van der Waals surface area contributed by atoms with Gasteiger partial charge in [-0.1, -0.05) is 30.9 Å². The van der Waals surface area contributed by atoms with Gasteiger partial charge < -0.3 is 25.5 Å². The number of benzene rings is 1. The zero-order valence-corrected chi connectivity index (χ0v) is 20.2. The smallest absolute Gasteiger partial charge is 0.337 e. The molecule has 1 fully saturated rings. The Bertz CT molecular complexity index is 1140.